The summed E-state index contributed by atoms with van der Waals surface area (Å²) in [6.45, 7) is 1.77. The van der Waals surface area contributed by atoms with Crippen molar-refractivity contribution in [3.8, 4) is 0 Å². The average Bonchev–Trinajstić information content (AvgIpc) is 2.88. The Morgan fingerprint density at radius 1 is 1.62 bits per heavy atom. The lowest BCUT2D eigenvalue weighted by molar-refractivity contribution is 0.0945. The monoisotopic (exact) mass is 177 g/mol. The lowest BCUT2D eigenvalue weighted by Gasteiger charge is -2.01. The molecule has 1 amide bonds. The zero-order valence-corrected chi connectivity index (χ0v) is 7.45. The number of aryl methyl sites for hydroxylation is 1. The third-order valence-corrected chi connectivity index (χ3v) is 1.92. The van der Waals surface area contributed by atoms with Gasteiger partial charge in [-0.15, -0.1) is 0 Å². The number of carbonyl (C=O) groups is 1. The van der Waals surface area contributed by atoms with E-state index in [0.717, 1.165) is 12.8 Å². The molecule has 0 bridgehead atoms. The highest BCUT2D eigenvalue weighted by Gasteiger charge is 2.24. The zero-order valence-electron chi connectivity index (χ0n) is 7.45. The van der Waals surface area contributed by atoms with Crippen molar-refractivity contribution in [1.29, 1.82) is 0 Å². The van der Waals surface area contributed by atoms with E-state index in [4.69, 9.17) is 0 Å². The third-order valence-electron chi connectivity index (χ3n) is 1.92. The number of hydrogen-bond donors (Lipinski definition) is 1. The molecule has 1 N–H and O–H groups in total. The molecule has 0 aromatic carbocycles. The molecule has 2 rings (SSSR count). The van der Waals surface area contributed by atoms with Crippen LogP contribution in [0.15, 0.2) is 12.3 Å². The van der Waals surface area contributed by atoms with Crippen molar-refractivity contribution < 1.29 is 4.79 Å². The van der Waals surface area contributed by atoms with Crippen LogP contribution in [0.25, 0.3) is 0 Å². The number of amides is 1. The van der Waals surface area contributed by atoms with Crippen LogP contribution in [0.1, 0.15) is 29.2 Å². The molecule has 4 nitrogen and oxygen atoms in total. The fourth-order valence-corrected chi connectivity index (χ4v) is 1.07. The molecule has 1 aliphatic carbocycles. The molecule has 0 atom stereocenters. The lowest BCUT2D eigenvalue weighted by atomic mass is 10.3. The van der Waals surface area contributed by atoms with Gasteiger partial charge in [-0.1, -0.05) is 0 Å². The first kappa shape index (κ1) is 8.16. The smallest absolute Gasteiger partial charge is 0.270 e. The SMILES string of the molecule is Cc1nccc(C(=O)NC2CC2)n1. The predicted octanol–water partition coefficient (Wildman–Crippen LogP) is 0.677. The van der Waals surface area contributed by atoms with E-state index in [9.17, 15) is 4.79 Å². The molecule has 0 spiro atoms. The quantitative estimate of drug-likeness (QED) is 0.722. The first-order valence-corrected chi connectivity index (χ1v) is 4.36. The number of nitrogens with one attached hydrogen (secondary N) is 1. The summed E-state index contributed by atoms with van der Waals surface area (Å²) in [5.41, 5.74) is 0.458. The molecule has 1 saturated carbocycles. The maximum atomic E-state index is 11.4. The van der Waals surface area contributed by atoms with E-state index >= 15 is 0 Å². The van der Waals surface area contributed by atoms with Gasteiger partial charge in [-0.05, 0) is 25.8 Å². The Hall–Kier alpha value is -1.45. The molecule has 0 unspecified atom stereocenters. The van der Waals surface area contributed by atoms with Crippen molar-refractivity contribution in [3.63, 3.8) is 0 Å². The van der Waals surface area contributed by atoms with Gasteiger partial charge < -0.3 is 5.32 Å². The van der Waals surface area contributed by atoms with E-state index in [1.165, 1.54) is 0 Å². The number of aromatic nitrogens is 2. The van der Waals surface area contributed by atoms with Crippen LogP contribution in [0.5, 0.6) is 0 Å². The van der Waals surface area contributed by atoms with Gasteiger partial charge in [0.05, 0.1) is 0 Å². The zero-order chi connectivity index (χ0) is 9.26. The van der Waals surface area contributed by atoms with Gasteiger partial charge in [-0.3, -0.25) is 4.79 Å². The summed E-state index contributed by atoms with van der Waals surface area (Å²) in [5.74, 6) is 0.538. The standard InChI is InChI=1S/C9H11N3O/c1-6-10-5-4-8(11-6)9(13)12-7-2-3-7/h4-5,7H,2-3H2,1H3,(H,12,13). The lowest BCUT2D eigenvalue weighted by Crippen LogP contribution is -2.26. The van der Waals surface area contributed by atoms with Gasteiger partial charge in [0.25, 0.3) is 5.91 Å². The minimum Gasteiger partial charge on any atom is -0.348 e. The first-order valence-electron chi connectivity index (χ1n) is 4.36. The molecule has 0 aliphatic heterocycles. The largest absolute Gasteiger partial charge is 0.348 e. The Balaban J connectivity index is 2.09. The van der Waals surface area contributed by atoms with Gasteiger partial charge in [0, 0.05) is 12.2 Å². The minimum absolute atomic E-state index is 0.0898. The maximum absolute atomic E-state index is 11.4. The molecule has 1 aromatic heterocycles. The Kier molecular flexibility index (Phi) is 1.96. The Labute approximate surface area is 76.4 Å². The topological polar surface area (TPSA) is 54.9 Å². The van der Waals surface area contributed by atoms with Crippen LogP contribution in [0.4, 0.5) is 0 Å². The third kappa shape index (κ3) is 2.02. The molecule has 1 aromatic rings. The van der Waals surface area contributed by atoms with Crippen LogP contribution in [0.2, 0.25) is 0 Å². The van der Waals surface area contributed by atoms with Gasteiger partial charge in [0.1, 0.15) is 11.5 Å². The van der Waals surface area contributed by atoms with Crippen LogP contribution in [0, 0.1) is 6.92 Å². The van der Waals surface area contributed by atoms with Gasteiger partial charge >= 0.3 is 0 Å². The van der Waals surface area contributed by atoms with Gasteiger partial charge in [-0.2, -0.15) is 0 Å². The Morgan fingerprint density at radius 3 is 3.00 bits per heavy atom. The fraction of sp³-hybridized carbons (Fsp3) is 0.444. The maximum Gasteiger partial charge on any atom is 0.270 e. The first-order chi connectivity index (χ1) is 6.25. The predicted molar refractivity (Wildman–Crippen MR) is 47.3 cm³/mol. The van der Waals surface area contributed by atoms with Crippen LogP contribution >= 0.6 is 0 Å². The molecule has 0 saturated heterocycles. The minimum atomic E-state index is -0.0898. The summed E-state index contributed by atoms with van der Waals surface area (Å²) in [6.07, 6.45) is 3.79. The van der Waals surface area contributed by atoms with Crippen LogP contribution in [-0.4, -0.2) is 21.9 Å². The van der Waals surface area contributed by atoms with Gasteiger partial charge in [0.2, 0.25) is 0 Å². The van der Waals surface area contributed by atoms with Crippen molar-refractivity contribution in [2.24, 2.45) is 0 Å². The summed E-state index contributed by atoms with van der Waals surface area (Å²) in [4.78, 5) is 19.4. The molecule has 1 aliphatic rings. The van der Waals surface area contributed by atoms with Crippen molar-refractivity contribution in [2.45, 2.75) is 25.8 Å². The van der Waals surface area contributed by atoms with Crippen LogP contribution < -0.4 is 5.32 Å². The van der Waals surface area contributed by atoms with Crippen molar-refractivity contribution in [2.75, 3.05) is 0 Å². The summed E-state index contributed by atoms with van der Waals surface area (Å²) < 4.78 is 0. The number of carbonyl (C=O) groups excluding carboxylic acids is 1. The summed E-state index contributed by atoms with van der Waals surface area (Å²) in [6, 6.07) is 2.01. The van der Waals surface area contributed by atoms with Crippen molar-refractivity contribution >= 4 is 5.91 Å². The number of nitrogens with zero attached hydrogens (tertiary/aromatic N) is 2. The molecule has 1 fully saturated rings. The molecule has 0 radical (unpaired) electrons. The summed E-state index contributed by atoms with van der Waals surface area (Å²) >= 11 is 0. The van der Waals surface area contributed by atoms with Gasteiger partial charge in [0.15, 0.2) is 0 Å². The second-order valence-corrected chi connectivity index (χ2v) is 3.24. The van der Waals surface area contributed by atoms with E-state index in [0.29, 0.717) is 17.6 Å². The van der Waals surface area contributed by atoms with E-state index in [2.05, 4.69) is 15.3 Å². The Bertz CT molecular complexity index is 333. The Morgan fingerprint density at radius 2 is 2.38 bits per heavy atom. The summed E-state index contributed by atoms with van der Waals surface area (Å²) in [5, 5.41) is 2.87. The molecule has 1 heterocycles. The second kappa shape index (κ2) is 3.12. The highest BCUT2D eigenvalue weighted by Crippen LogP contribution is 2.18. The highest BCUT2D eigenvalue weighted by molar-refractivity contribution is 5.92. The van der Waals surface area contributed by atoms with E-state index < -0.39 is 0 Å². The normalized spacial score (nSPS) is 15.5. The van der Waals surface area contributed by atoms with Crippen LogP contribution in [-0.2, 0) is 0 Å². The highest BCUT2D eigenvalue weighted by atomic mass is 16.2. The van der Waals surface area contributed by atoms with Crippen molar-refractivity contribution in [1.82, 2.24) is 15.3 Å². The fourth-order valence-electron chi connectivity index (χ4n) is 1.07. The second-order valence-electron chi connectivity index (χ2n) is 3.24. The average molecular weight is 177 g/mol. The molecule has 4 heteroatoms. The molecular formula is C9H11N3O. The molecule has 13 heavy (non-hydrogen) atoms. The summed E-state index contributed by atoms with van der Waals surface area (Å²) in [7, 11) is 0. The van der Waals surface area contributed by atoms with Crippen molar-refractivity contribution in [3.05, 3.63) is 23.8 Å². The van der Waals surface area contributed by atoms with E-state index in [1.807, 2.05) is 0 Å². The molecular weight excluding hydrogens is 166 g/mol. The van der Waals surface area contributed by atoms with E-state index in [1.54, 1.807) is 19.2 Å². The van der Waals surface area contributed by atoms with Gasteiger partial charge in [-0.25, -0.2) is 9.97 Å². The molecule has 68 valence electrons. The van der Waals surface area contributed by atoms with E-state index in [-0.39, 0.29) is 5.91 Å². The number of rotatable bonds is 2. The van der Waals surface area contributed by atoms with Crippen LogP contribution in [0.3, 0.4) is 0 Å². The number of hydrogen-bond acceptors (Lipinski definition) is 3.